The van der Waals surface area contributed by atoms with Crippen molar-refractivity contribution < 1.29 is 9.90 Å². The monoisotopic (exact) mass is 216 g/mol. The fraction of sp³-hybridized carbons (Fsp3) is 0.909. The van der Waals surface area contributed by atoms with E-state index >= 15 is 0 Å². The topological polar surface area (TPSA) is 61.4 Å². The van der Waals surface area contributed by atoms with Crippen LogP contribution in [-0.4, -0.2) is 36.2 Å². The van der Waals surface area contributed by atoms with Crippen LogP contribution in [0.2, 0.25) is 0 Å². The summed E-state index contributed by atoms with van der Waals surface area (Å²) < 4.78 is 0. The minimum absolute atomic E-state index is 0.00900. The van der Waals surface area contributed by atoms with Crippen LogP contribution in [0.4, 0.5) is 0 Å². The number of hydrogen-bond acceptors (Lipinski definition) is 3. The third kappa shape index (κ3) is 9.69. The molecule has 0 aliphatic rings. The molecule has 3 N–H and O–H groups in total. The first-order valence-corrected chi connectivity index (χ1v) is 5.47. The average Bonchev–Trinajstić information content (AvgIpc) is 2.11. The molecule has 0 aromatic rings. The maximum atomic E-state index is 11.4. The first kappa shape index (κ1) is 14.4. The Morgan fingerprint density at radius 1 is 1.40 bits per heavy atom. The highest BCUT2D eigenvalue weighted by atomic mass is 16.3. The Balaban J connectivity index is 3.58. The van der Waals surface area contributed by atoms with E-state index in [0.717, 1.165) is 6.42 Å². The van der Waals surface area contributed by atoms with Crippen LogP contribution in [-0.2, 0) is 4.79 Å². The van der Waals surface area contributed by atoms with Crippen molar-refractivity contribution in [3.05, 3.63) is 0 Å². The fourth-order valence-corrected chi connectivity index (χ4v) is 1.02. The standard InChI is InChI=1S/C11H24N2O2/c1-9(5-6-14)7-12-10(15)8-13-11(2,3)4/h9,13-14H,5-8H2,1-4H3,(H,12,15). The van der Waals surface area contributed by atoms with Crippen LogP contribution in [0, 0.1) is 5.92 Å². The molecule has 1 atom stereocenters. The van der Waals surface area contributed by atoms with E-state index in [0.29, 0.717) is 19.0 Å². The summed E-state index contributed by atoms with van der Waals surface area (Å²) in [6.07, 6.45) is 0.729. The molecule has 0 saturated heterocycles. The maximum absolute atomic E-state index is 11.4. The van der Waals surface area contributed by atoms with Gasteiger partial charge in [0, 0.05) is 18.7 Å². The van der Waals surface area contributed by atoms with Crippen LogP contribution < -0.4 is 10.6 Å². The van der Waals surface area contributed by atoms with Gasteiger partial charge >= 0.3 is 0 Å². The van der Waals surface area contributed by atoms with Crippen LogP contribution in [0.1, 0.15) is 34.1 Å². The number of nitrogens with one attached hydrogen (secondary N) is 2. The van der Waals surface area contributed by atoms with Gasteiger partial charge in [0.1, 0.15) is 0 Å². The minimum atomic E-state index is -0.0337. The van der Waals surface area contributed by atoms with E-state index < -0.39 is 0 Å². The van der Waals surface area contributed by atoms with Gasteiger partial charge in [0.2, 0.25) is 5.91 Å². The zero-order chi connectivity index (χ0) is 11.9. The lowest BCUT2D eigenvalue weighted by Crippen LogP contribution is -2.44. The third-order valence-electron chi connectivity index (χ3n) is 2.05. The highest BCUT2D eigenvalue weighted by Crippen LogP contribution is 1.98. The van der Waals surface area contributed by atoms with Gasteiger partial charge in [-0.25, -0.2) is 0 Å². The molecule has 0 heterocycles. The van der Waals surface area contributed by atoms with Gasteiger partial charge in [-0.1, -0.05) is 6.92 Å². The van der Waals surface area contributed by atoms with E-state index in [-0.39, 0.29) is 18.1 Å². The molecule has 90 valence electrons. The minimum Gasteiger partial charge on any atom is -0.396 e. The van der Waals surface area contributed by atoms with E-state index in [4.69, 9.17) is 5.11 Å². The van der Waals surface area contributed by atoms with Crippen LogP contribution in [0.3, 0.4) is 0 Å². The Bertz CT molecular complexity index is 188. The summed E-state index contributed by atoms with van der Waals surface area (Å²) in [4.78, 5) is 11.4. The van der Waals surface area contributed by atoms with Crippen LogP contribution in [0.15, 0.2) is 0 Å². The number of rotatable bonds is 6. The Labute approximate surface area is 92.4 Å². The van der Waals surface area contributed by atoms with Crippen LogP contribution in [0.25, 0.3) is 0 Å². The third-order valence-corrected chi connectivity index (χ3v) is 2.05. The Morgan fingerprint density at radius 2 is 2.00 bits per heavy atom. The van der Waals surface area contributed by atoms with Crippen molar-refractivity contribution in [2.24, 2.45) is 5.92 Å². The molecule has 0 spiro atoms. The van der Waals surface area contributed by atoms with Gasteiger partial charge in [0.05, 0.1) is 6.54 Å². The van der Waals surface area contributed by atoms with E-state index in [1.807, 2.05) is 27.7 Å². The van der Waals surface area contributed by atoms with Crippen LogP contribution >= 0.6 is 0 Å². The Morgan fingerprint density at radius 3 is 2.47 bits per heavy atom. The summed E-state index contributed by atoms with van der Waals surface area (Å²) >= 11 is 0. The van der Waals surface area contributed by atoms with Crippen molar-refractivity contribution in [1.29, 1.82) is 0 Å². The number of hydrogen-bond donors (Lipinski definition) is 3. The van der Waals surface area contributed by atoms with Crippen molar-refractivity contribution in [3.8, 4) is 0 Å². The lowest BCUT2D eigenvalue weighted by Gasteiger charge is -2.20. The second-order valence-corrected chi connectivity index (χ2v) is 5.03. The van der Waals surface area contributed by atoms with Gasteiger partial charge in [-0.15, -0.1) is 0 Å². The number of carbonyl (C=O) groups is 1. The molecule has 0 aromatic carbocycles. The lowest BCUT2D eigenvalue weighted by atomic mass is 10.1. The molecule has 1 unspecified atom stereocenters. The average molecular weight is 216 g/mol. The first-order chi connectivity index (χ1) is 6.85. The van der Waals surface area contributed by atoms with Crippen molar-refractivity contribution in [1.82, 2.24) is 10.6 Å². The van der Waals surface area contributed by atoms with E-state index in [1.54, 1.807) is 0 Å². The van der Waals surface area contributed by atoms with Crippen LogP contribution in [0.5, 0.6) is 0 Å². The van der Waals surface area contributed by atoms with Gasteiger partial charge in [-0.2, -0.15) is 0 Å². The van der Waals surface area contributed by atoms with Crippen molar-refractivity contribution in [3.63, 3.8) is 0 Å². The number of amides is 1. The number of aliphatic hydroxyl groups excluding tert-OH is 1. The van der Waals surface area contributed by atoms with Crippen molar-refractivity contribution >= 4 is 5.91 Å². The van der Waals surface area contributed by atoms with E-state index in [9.17, 15) is 4.79 Å². The Kier molecular flexibility index (Phi) is 6.52. The summed E-state index contributed by atoms with van der Waals surface area (Å²) in [5, 5.41) is 14.6. The summed E-state index contributed by atoms with van der Waals surface area (Å²) in [5.41, 5.74) is -0.0337. The summed E-state index contributed by atoms with van der Waals surface area (Å²) in [5.74, 6) is 0.336. The van der Waals surface area contributed by atoms with Crippen molar-refractivity contribution in [2.45, 2.75) is 39.7 Å². The number of carbonyl (C=O) groups excluding carboxylic acids is 1. The molecular weight excluding hydrogens is 192 g/mol. The summed E-state index contributed by atoms with van der Waals surface area (Å²) in [7, 11) is 0. The largest absolute Gasteiger partial charge is 0.396 e. The second kappa shape index (κ2) is 6.80. The Hall–Kier alpha value is -0.610. The highest BCUT2D eigenvalue weighted by molar-refractivity contribution is 5.78. The fourth-order valence-electron chi connectivity index (χ4n) is 1.02. The zero-order valence-electron chi connectivity index (χ0n) is 10.3. The van der Waals surface area contributed by atoms with E-state index in [2.05, 4.69) is 10.6 Å². The molecule has 0 aliphatic heterocycles. The number of aliphatic hydroxyl groups is 1. The first-order valence-electron chi connectivity index (χ1n) is 5.47. The molecule has 0 saturated carbocycles. The smallest absolute Gasteiger partial charge is 0.233 e. The van der Waals surface area contributed by atoms with E-state index in [1.165, 1.54) is 0 Å². The quantitative estimate of drug-likeness (QED) is 0.606. The SMILES string of the molecule is CC(CCO)CNC(=O)CNC(C)(C)C. The van der Waals surface area contributed by atoms with Gasteiger partial charge in [0.25, 0.3) is 0 Å². The molecule has 4 heteroatoms. The molecule has 0 rings (SSSR count). The zero-order valence-corrected chi connectivity index (χ0v) is 10.3. The second-order valence-electron chi connectivity index (χ2n) is 5.03. The van der Waals surface area contributed by atoms with Crippen molar-refractivity contribution in [2.75, 3.05) is 19.7 Å². The lowest BCUT2D eigenvalue weighted by molar-refractivity contribution is -0.120. The van der Waals surface area contributed by atoms with Gasteiger partial charge in [0.15, 0.2) is 0 Å². The molecule has 1 amide bonds. The normalized spacial score (nSPS) is 13.7. The van der Waals surface area contributed by atoms with Gasteiger partial charge in [-0.05, 0) is 33.1 Å². The molecule has 15 heavy (non-hydrogen) atoms. The molecule has 0 bridgehead atoms. The molecule has 4 nitrogen and oxygen atoms in total. The summed E-state index contributed by atoms with van der Waals surface area (Å²) in [6, 6.07) is 0. The maximum Gasteiger partial charge on any atom is 0.233 e. The van der Waals surface area contributed by atoms with Gasteiger partial charge < -0.3 is 15.7 Å². The molecule has 0 fully saturated rings. The summed E-state index contributed by atoms with van der Waals surface area (Å²) in [6.45, 7) is 9.23. The predicted octanol–water partition coefficient (Wildman–Crippen LogP) is 0.509. The molecule has 0 radical (unpaired) electrons. The highest BCUT2D eigenvalue weighted by Gasteiger charge is 2.11. The molecule has 0 aromatic heterocycles. The molecular formula is C11H24N2O2. The molecule has 0 aliphatic carbocycles. The predicted molar refractivity (Wildman–Crippen MR) is 61.6 cm³/mol. The van der Waals surface area contributed by atoms with Gasteiger partial charge in [-0.3, -0.25) is 4.79 Å².